The maximum atomic E-state index is 13.3. The normalized spacial score (nSPS) is 10.3. The fraction of sp³-hybridized carbons (Fsp3) is 0.391. The van der Waals surface area contributed by atoms with Gasteiger partial charge in [0, 0.05) is 49.6 Å². The largest absolute Gasteiger partial charge is 0.462 e. The van der Waals surface area contributed by atoms with E-state index in [1.807, 2.05) is 37.3 Å². The zero-order valence-electron chi connectivity index (χ0n) is 19.0. The summed E-state index contributed by atoms with van der Waals surface area (Å²) in [4.78, 5) is 43.8. The molecule has 0 aliphatic rings. The van der Waals surface area contributed by atoms with E-state index < -0.39 is 11.5 Å². The van der Waals surface area contributed by atoms with E-state index in [1.165, 1.54) is 4.57 Å². The van der Waals surface area contributed by atoms with Crippen LogP contribution < -0.4 is 11.2 Å². The first-order valence-corrected chi connectivity index (χ1v) is 11.2. The minimum atomic E-state index is -0.474. The van der Waals surface area contributed by atoms with Gasteiger partial charge in [0.2, 0.25) is 0 Å². The number of benzene rings is 1. The smallest absolute Gasteiger partial charge is 0.348 e. The van der Waals surface area contributed by atoms with Crippen molar-refractivity contribution in [2.24, 2.45) is 0 Å². The summed E-state index contributed by atoms with van der Waals surface area (Å²) in [5.74, 6) is -0.474. The van der Waals surface area contributed by atoms with Gasteiger partial charge in [0.15, 0.2) is 0 Å². The Balaban J connectivity index is 0.00000363. The molecule has 0 unspecified atom stereocenters. The first-order valence-electron chi connectivity index (χ1n) is 10.4. The Morgan fingerprint density at radius 3 is 2.50 bits per heavy atom. The number of aromatic nitrogens is 2. The number of carbonyl (C=O) groups excluding carboxylic acids is 1. The molecule has 2 aromatic heterocycles. The van der Waals surface area contributed by atoms with Gasteiger partial charge < -0.3 is 4.74 Å². The Kier molecular flexibility index (Phi) is 9.91. The second kappa shape index (κ2) is 12.2. The molecule has 0 bridgehead atoms. The standard InChI is InChI=1S/C23H26N3O4S.Na/c1-4-24-13-9-14-25-20(27)18-16(3)19(22(28)30-5-2)31-21(18)26(23(25)29)15-12-17-10-7-6-8-11-17;/h6-8,10-11H,4-5,9,12,14-15H2,1-3H3;/q+1;. The Hall–Kier alpha value is -2.18. The van der Waals surface area contributed by atoms with Crippen LogP contribution in [0.4, 0.5) is 0 Å². The third kappa shape index (κ3) is 5.59. The van der Waals surface area contributed by atoms with Gasteiger partial charge in [0.25, 0.3) is 18.2 Å². The quantitative estimate of drug-likeness (QED) is 0.398. The van der Waals surface area contributed by atoms with E-state index in [2.05, 4.69) is 10.9 Å². The molecule has 1 radical (unpaired) electrons. The summed E-state index contributed by atoms with van der Waals surface area (Å²) in [7, 11) is 0. The number of aryl methyl sites for hydroxylation is 3. The average molecular weight is 464 g/mol. The summed E-state index contributed by atoms with van der Waals surface area (Å²) < 4.78 is 7.97. The topological polar surface area (TPSA) is 74.7 Å². The summed E-state index contributed by atoms with van der Waals surface area (Å²) in [6, 6.07) is 12.7. The van der Waals surface area contributed by atoms with E-state index in [9.17, 15) is 14.4 Å². The van der Waals surface area contributed by atoms with E-state index >= 15 is 0 Å². The maximum absolute atomic E-state index is 13.3. The Bertz CT molecular complexity index is 1270. The van der Waals surface area contributed by atoms with Crippen LogP contribution in [0.1, 0.15) is 41.1 Å². The molecule has 0 atom stereocenters. The van der Waals surface area contributed by atoms with Crippen LogP contribution in [0, 0.1) is 13.0 Å². The molecule has 3 aromatic rings. The van der Waals surface area contributed by atoms with Gasteiger partial charge in [0.05, 0.1) is 18.4 Å². The minimum absolute atomic E-state index is 0. The third-order valence-electron chi connectivity index (χ3n) is 4.94. The van der Waals surface area contributed by atoms with Crippen LogP contribution in [-0.2, 0) is 24.2 Å². The molecule has 0 saturated heterocycles. The molecular formula is C23H26N3NaO4S+. The second-order valence-electron chi connectivity index (χ2n) is 6.97. The summed E-state index contributed by atoms with van der Waals surface area (Å²) in [5, 5.41) is 0.396. The summed E-state index contributed by atoms with van der Waals surface area (Å²) in [5.41, 5.74) is 0.862. The van der Waals surface area contributed by atoms with Gasteiger partial charge in [-0.1, -0.05) is 35.2 Å². The molecular weight excluding hydrogens is 437 g/mol. The van der Waals surface area contributed by atoms with Crippen LogP contribution >= 0.6 is 11.3 Å². The molecule has 2 heterocycles. The van der Waals surface area contributed by atoms with Crippen LogP contribution in [0.5, 0.6) is 0 Å². The second-order valence-corrected chi connectivity index (χ2v) is 7.96. The van der Waals surface area contributed by atoms with Gasteiger partial charge in [-0.2, -0.15) is 0 Å². The van der Waals surface area contributed by atoms with E-state index in [0.717, 1.165) is 16.9 Å². The first kappa shape index (κ1) is 26.1. The van der Waals surface area contributed by atoms with Crippen molar-refractivity contribution in [3.63, 3.8) is 0 Å². The molecule has 9 heteroatoms. The number of fused-ring (bicyclic) bond motifs is 1. The predicted molar refractivity (Wildman–Crippen MR) is 129 cm³/mol. The Morgan fingerprint density at radius 2 is 1.84 bits per heavy atom. The van der Waals surface area contributed by atoms with Crippen LogP contribution in [0.25, 0.3) is 15.1 Å². The fourth-order valence-electron chi connectivity index (χ4n) is 3.42. The van der Waals surface area contributed by atoms with Crippen molar-refractivity contribution < 1.29 is 9.53 Å². The number of nitrogens with zero attached hydrogens (tertiary/aromatic N) is 3. The number of rotatable bonds is 7. The molecule has 0 aliphatic heterocycles. The molecule has 0 amide bonds. The van der Waals surface area contributed by atoms with Crippen molar-refractivity contribution >= 4 is 57.1 Å². The molecule has 3 rings (SSSR count). The molecule has 1 aromatic carbocycles. The fourth-order valence-corrected chi connectivity index (χ4v) is 4.63. The summed E-state index contributed by atoms with van der Waals surface area (Å²) in [6.07, 6.45) is 0.990. The molecule has 0 fully saturated rings. The number of thiophene rings is 1. The van der Waals surface area contributed by atoms with Crippen LogP contribution in [-0.4, -0.2) is 57.8 Å². The minimum Gasteiger partial charge on any atom is -0.462 e. The van der Waals surface area contributed by atoms with Crippen molar-refractivity contribution in [3.8, 4) is 6.07 Å². The Morgan fingerprint density at radius 1 is 1.12 bits per heavy atom. The number of hydrogen-bond acceptors (Lipinski definition) is 5. The molecule has 0 N–H and O–H groups in total. The van der Waals surface area contributed by atoms with Gasteiger partial charge >= 0.3 is 11.7 Å². The van der Waals surface area contributed by atoms with Gasteiger partial charge in [-0.15, -0.1) is 11.3 Å². The maximum Gasteiger partial charge on any atom is 0.348 e. The third-order valence-corrected chi connectivity index (χ3v) is 6.23. The van der Waals surface area contributed by atoms with Crippen molar-refractivity contribution in [2.45, 2.75) is 46.7 Å². The van der Waals surface area contributed by atoms with E-state index in [1.54, 1.807) is 18.4 Å². The number of carbonyl (C=O) groups is 1. The molecule has 0 saturated carbocycles. The van der Waals surface area contributed by atoms with Crippen molar-refractivity contribution in [2.75, 3.05) is 13.2 Å². The van der Waals surface area contributed by atoms with Gasteiger partial charge in [-0.25, -0.2) is 9.59 Å². The van der Waals surface area contributed by atoms with E-state index in [0.29, 0.717) is 46.6 Å². The number of ether oxygens (including phenoxy) is 1. The van der Waals surface area contributed by atoms with Crippen LogP contribution in [0.15, 0.2) is 39.9 Å². The molecule has 32 heavy (non-hydrogen) atoms. The average Bonchev–Trinajstić information content (AvgIpc) is 3.11. The summed E-state index contributed by atoms with van der Waals surface area (Å²) in [6.45, 7) is 6.78. The molecule has 163 valence electrons. The predicted octanol–water partition coefficient (Wildman–Crippen LogP) is 3.31. The van der Waals surface area contributed by atoms with Crippen molar-refractivity contribution in [1.29, 1.82) is 0 Å². The Labute approximate surface area is 212 Å². The van der Waals surface area contributed by atoms with Crippen LogP contribution in [0.3, 0.4) is 0 Å². The number of hydrogen-bond donors (Lipinski definition) is 0. The SMILES string of the molecule is CC[N+]#CCCn1c(=O)c2c(C)c(C(=O)OCC)sc2n(CCc2ccccc2)c1=O.[Na]. The monoisotopic (exact) mass is 463 g/mol. The van der Waals surface area contributed by atoms with Crippen molar-refractivity contribution in [1.82, 2.24) is 9.13 Å². The summed E-state index contributed by atoms with van der Waals surface area (Å²) >= 11 is 1.14. The van der Waals surface area contributed by atoms with Gasteiger partial charge in [-0.3, -0.25) is 13.9 Å². The first-order chi connectivity index (χ1) is 15.0. The molecule has 0 spiro atoms. The van der Waals surface area contributed by atoms with Crippen molar-refractivity contribution in [3.05, 3.63) is 72.0 Å². The zero-order valence-corrected chi connectivity index (χ0v) is 21.8. The van der Waals surface area contributed by atoms with E-state index in [-0.39, 0.29) is 48.4 Å². The van der Waals surface area contributed by atoms with Gasteiger partial charge in [0.1, 0.15) is 9.71 Å². The molecule has 0 aliphatic carbocycles. The van der Waals surface area contributed by atoms with Gasteiger partial charge in [-0.05, 0) is 31.4 Å². The number of esters is 1. The molecule has 7 nitrogen and oxygen atoms in total. The van der Waals surface area contributed by atoms with Crippen LogP contribution in [0.2, 0.25) is 0 Å². The van der Waals surface area contributed by atoms with E-state index in [4.69, 9.17) is 4.74 Å². The zero-order chi connectivity index (χ0) is 22.4.